The number of amides is 1. The van der Waals surface area contributed by atoms with Gasteiger partial charge in [0.15, 0.2) is 6.04 Å². The number of carbonyl (C=O) groups is 1. The van der Waals surface area contributed by atoms with Crippen LogP contribution in [0, 0.1) is 0 Å². The second kappa shape index (κ2) is 5.72. The Morgan fingerprint density at radius 2 is 2.28 bits per heavy atom. The number of halogens is 1. The lowest BCUT2D eigenvalue weighted by Crippen LogP contribution is -3.12. The monoisotopic (exact) mass is 267 g/mol. The molecule has 18 heavy (non-hydrogen) atoms. The highest BCUT2D eigenvalue weighted by Crippen LogP contribution is 2.18. The minimum atomic E-state index is -0.0374. The van der Waals surface area contributed by atoms with Crippen LogP contribution in [-0.4, -0.2) is 25.0 Å². The lowest BCUT2D eigenvalue weighted by atomic mass is 10.2. The largest absolute Gasteiger partial charge is 0.348 e. The maximum absolute atomic E-state index is 11.9. The predicted octanol–water partition coefficient (Wildman–Crippen LogP) is 1.02. The molecule has 0 bridgehead atoms. The van der Waals surface area contributed by atoms with Crippen LogP contribution in [-0.2, 0) is 11.3 Å². The Hall–Kier alpha value is -1.06. The van der Waals surface area contributed by atoms with Gasteiger partial charge in [0.2, 0.25) is 0 Å². The fourth-order valence-electron chi connectivity index (χ4n) is 1.90. The average molecular weight is 268 g/mol. The Morgan fingerprint density at radius 1 is 1.56 bits per heavy atom. The van der Waals surface area contributed by atoms with Gasteiger partial charge in [0, 0.05) is 16.6 Å². The van der Waals surface area contributed by atoms with E-state index in [1.54, 1.807) is 0 Å². The lowest BCUT2D eigenvalue weighted by Gasteiger charge is -2.21. The van der Waals surface area contributed by atoms with Gasteiger partial charge in [0.1, 0.15) is 6.54 Å². The summed E-state index contributed by atoms with van der Waals surface area (Å²) in [5.41, 5.74) is 1.16. The summed E-state index contributed by atoms with van der Waals surface area (Å²) in [6, 6.07) is 8.20. The molecule has 98 valence electrons. The molecule has 0 spiro atoms. The van der Waals surface area contributed by atoms with E-state index in [1.807, 2.05) is 38.2 Å². The van der Waals surface area contributed by atoms with Crippen molar-refractivity contribution >= 4 is 17.5 Å². The highest BCUT2D eigenvalue weighted by Gasteiger charge is 2.29. The van der Waals surface area contributed by atoms with Crippen LogP contribution in [0.1, 0.15) is 25.3 Å². The van der Waals surface area contributed by atoms with Crippen LogP contribution in [0.4, 0.5) is 0 Å². The van der Waals surface area contributed by atoms with Crippen molar-refractivity contribution in [1.29, 1.82) is 0 Å². The molecule has 2 rings (SSSR count). The number of hydrogen-bond acceptors (Lipinski definition) is 1. The zero-order chi connectivity index (χ0) is 13.1. The van der Waals surface area contributed by atoms with Gasteiger partial charge in [-0.25, -0.2) is 0 Å². The molecule has 1 amide bonds. The fourth-order valence-corrected chi connectivity index (χ4v) is 2.11. The number of benzene rings is 1. The normalized spacial score (nSPS) is 18.2. The molecule has 1 aromatic rings. The van der Waals surface area contributed by atoms with Crippen molar-refractivity contribution in [2.24, 2.45) is 0 Å². The van der Waals surface area contributed by atoms with E-state index in [-0.39, 0.29) is 11.9 Å². The van der Waals surface area contributed by atoms with Crippen molar-refractivity contribution in [3.8, 4) is 0 Å². The van der Waals surface area contributed by atoms with Gasteiger partial charge in [0.25, 0.3) is 5.91 Å². The minimum absolute atomic E-state index is 0.0374. The van der Waals surface area contributed by atoms with Crippen molar-refractivity contribution in [1.82, 2.24) is 5.32 Å². The molecule has 0 heterocycles. The van der Waals surface area contributed by atoms with Crippen molar-refractivity contribution in [2.45, 2.75) is 38.4 Å². The highest BCUT2D eigenvalue weighted by molar-refractivity contribution is 6.30. The molecule has 1 unspecified atom stereocenters. The third-order valence-electron chi connectivity index (χ3n) is 3.43. The molecule has 0 saturated heterocycles. The van der Waals surface area contributed by atoms with E-state index in [9.17, 15) is 4.79 Å². The number of likely N-dealkylation sites (N-methyl/N-ethyl adjacent to an activating group) is 1. The smallest absolute Gasteiger partial charge is 0.278 e. The van der Waals surface area contributed by atoms with E-state index >= 15 is 0 Å². The summed E-state index contributed by atoms with van der Waals surface area (Å²) < 4.78 is 0. The van der Waals surface area contributed by atoms with Gasteiger partial charge in [-0.2, -0.15) is 0 Å². The topological polar surface area (TPSA) is 33.5 Å². The molecule has 3 nitrogen and oxygen atoms in total. The van der Waals surface area contributed by atoms with Crippen LogP contribution >= 0.6 is 11.6 Å². The van der Waals surface area contributed by atoms with Crippen molar-refractivity contribution < 1.29 is 9.69 Å². The molecule has 0 aromatic heterocycles. The van der Waals surface area contributed by atoms with Crippen LogP contribution in [0.15, 0.2) is 24.3 Å². The first-order valence-electron chi connectivity index (χ1n) is 6.43. The molecule has 2 N–H and O–H groups in total. The Bertz CT molecular complexity index is 432. The first-order chi connectivity index (χ1) is 8.56. The Kier molecular flexibility index (Phi) is 4.25. The third kappa shape index (κ3) is 3.72. The van der Waals surface area contributed by atoms with Crippen LogP contribution in [0.5, 0.6) is 0 Å². The van der Waals surface area contributed by atoms with Crippen molar-refractivity contribution in [2.75, 3.05) is 7.05 Å². The number of nitrogens with one attached hydrogen (secondary N) is 2. The molecule has 1 saturated carbocycles. The van der Waals surface area contributed by atoms with Gasteiger partial charge in [0.05, 0.1) is 7.05 Å². The summed E-state index contributed by atoms with van der Waals surface area (Å²) in [5.74, 6) is 0.150. The number of quaternary nitrogens is 1. The summed E-state index contributed by atoms with van der Waals surface area (Å²) in [4.78, 5) is 13.1. The van der Waals surface area contributed by atoms with Crippen molar-refractivity contribution in [3.05, 3.63) is 34.9 Å². The van der Waals surface area contributed by atoms with Crippen LogP contribution in [0.2, 0.25) is 5.02 Å². The van der Waals surface area contributed by atoms with E-state index in [0.29, 0.717) is 6.04 Å². The summed E-state index contributed by atoms with van der Waals surface area (Å²) in [6.45, 7) is 2.78. The summed E-state index contributed by atoms with van der Waals surface area (Å²) in [6.07, 6.45) is 2.26. The molecule has 4 heteroatoms. The molecule has 1 aromatic carbocycles. The Balaban J connectivity index is 1.89. The molecule has 1 aliphatic carbocycles. The van der Waals surface area contributed by atoms with Gasteiger partial charge in [-0.3, -0.25) is 4.79 Å². The second-order valence-corrected chi connectivity index (χ2v) is 5.59. The summed E-state index contributed by atoms with van der Waals surface area (Å²) in [7, 11) is 2.04. The Labute approximate surface area is 113 Å². The van der Waals surface area contributed by atoms with Gasteiger partial charge >= 0.3 is 0 Å². The zero-order valence-electron chi connectivity index (χ0n) is 10.9. The maximum Gasteiger partial charge on any atom is 0.278 e. The molecule has 1 fully saturated rings. The van der Waals surface area contributed by atoms with Crippen molar-refractivity contribution in [3.63, 3.8) is 0 Å². The highest BCUT2D eigenvalue weighted by atomic mass is 35.5. The van der Waals surface area contributed by atoms with Gasteiger partial charge < -0.3 is 10.2 Å². The van der Waals surface area contributed by atoms with E-state index < -0.39 is 0 Å². The number of hydrogen-bond donors (Lipinski definition) is 2. The quantitative estimate of drug-likeness (QED) is 0.821. The molecule has 1 aliphatic rings. The second-order valence-electron chi connectivity index (χ2n) is 5.16. The van der Waals surface area contributed by atoms with Gasteiger partial charge in [-0.15, -0.1) is 0 Å². The van der Waals surface area contributed by atoms with Gasteiger partial charge in [-0.1, -0.05) is 23.7 Å². The molecular formula is C14H20ClN2O+. The minimum Gasteiger partial charge on any atom is -0.348 e. The van der Waals surface area contributed by atoms with E-state index in [1.165, 1.54) is 4.90 Å². The Morgan fingerprint density at radius 3 is 2.89 bits per heavy atom. The molecule has 0 aliphatic heterocycles. The zero-order valence-corrected chi connectivity index (χ0v) is 11.6. The average Bonchev–Trinajstić information content (AvgIpc) is 3.11. The van der Waals surface area contributed by atoms with E-state index in [4.69, 9.17) is 11.6 Å². The fraction of sp³-hybridized carbons (Fsp3) is 0.500. The first kappa shape index (κ1) is 13.4. The predicted molar refractivity (Wildman–Crippen MR) is 72.7 cm³/mol. The molecule has 0 radical (unpaired) electrons. The van der Waals surface area contributed by atoms with Gasteiger partial charge in [-0.05, 0) is 31.9 Å². The number of rotatable bonds is 5. The van der Waals surface area contributed by atoms with Crippen LogP contribution in [0.25, 0.3) is 0 Å². The van der Waals surface area contributed by atoms with Crippen LogP contribution in [0.3, 0.4) is 0 Å². The third-order valence-corrected chi connectivity index (χ3v) is 3.66. The van der Waals surface area contributed by atoms with Crippen LogP contribution < -0.4 is 10.2 Å². The SMILES string of the molecule is C[C@@H](C(=O)NC1CC1)[NH+](C)Cc1cccc(Cl)c1. The number of carbonyl (C=O) groups excluding carboxylic acids is 1. The summed E-state index contributed by atoms with van der Waals surface area (Å²) >= 11 is 5.96. The molecular weight excluding hydrogens is 248 g/mol. The van der Waals surface area contributed by atoms with E-state index in [0.717, 1.165) is 30.0 Å². The summed E-state index contributed by atoms with van der Waals surface area (Å²) in [5, 5.41) is 3.79. The molecule has 2 atom stereocenters. The van der Waals surface area contributed by atoms with E-state index in [2.05, 4.69) is 5.32 Å². The standard InChI is InChI=1S/C14H19ClN2O/c1-10(14(18)16-13-6-7-13)17(2)9-11-4-3-5-12(15)8-11/h3-5,8,10,13H,6-7,9H2,1-2H3,(H,16,18)/p+1/t10-/m0/s1. The maximum atomic E-state index is 11.9. The first-order valence-corrected chi connectivity index (χ1v) is 6.81. The lowest BCUT2D eigenvalue weighted by molar-refractivity contribution is -0.908.